The molecule has 0 spiro atoms. The van der Waals surface area contributed by atoms with E-state index < -0.39 is 0 Å². The molecule has 3 heteroatoms. The molecule has 3 rings (SSSR count). The second kappa shape index (κ2) is 4.05. The third-order valence-electron chi connectivity index (χ3n) is 3.83. The Kier molecular flexibility index (Phi) is 2.65. The minimum atomic E-state index is -0.0184. The van der Waals surface area contributed by atoms with Crippen LogP contribution >= 0.6 is 0 Å². The summed E-state index contributed by atoms with van der Waals surface area (Å²) in [6.45, 7) is 8.63. The maximum Gasteiger partial charge on any atom is 0.114 e. The van der Waals surface area contributed by atoms with E-state index in [9.17, 15) is 0 Å². The molecule has 1 aromatic heterocycles. The molecule has 0 aromatic carbocycles. The molecule has 0 unspecified atom stereocenters. The van der Waals surface area contributed by atoms with Crippen LogP contribution in [0.1, 0.15) is 39.1 Å². The van der Waals surface area contributed by atoms with Gasteiger partial charge in [-0.2, -0.15) is 0 Å². The normalized spacial score (nSPS) is 21.2. The summed E-state index contributed by atoms with van der Waals surface area (Å²) in [5.74, 6) is 0. The van der Waals surface area contributed by atoms with Crippen molar-refractivity contribution >= 4 is 36.0 Å². The SMILES string of the molecule is Cn1c2c(c3c1C=CC(C)(C)C=N3)N=CC(C)(C)C=C2. The molecule has 3 nitrogen and oxygen atoms in total. The van der Waals surface area contributed by atoms with Crippen LogP contribution in [0.3, 0.4) is 0 Å². The number of nitrogens with zero attached hydrogens (tertiary/aromatic N) is 3. The third kappa shape index (κ3) is 2.07. The highest BCUT2D eigenvalue weighted by Gasteiger charge is 2.24. The maximum absolute atomic E-state index is 4.71. The highest BCUT2D eigenvalue weighted by Crippen LogP contribution is 2.43. The van der Waals surface area contributed by atoms with Gasteiger partial charge >= 0.3 is 0 Å². The van der Waals surface area contributed by atoms with Crippen molar-refractivity contribution in [2.45, 2.75) is 27.7 Å². The minimum Gasteiger partial charge on any atom is -0.341 e. The van der Waals surface area contributed by atoms with Crippen molar-refractivity contribution < 1.29 is 0 Å². The molecule has 0 saturated carbocycles. The Hall–Kier alpha value is -1.90. The Morgan fingerprint density at radius 3 is 1.60 bits per heavy atom. The van der Waals surface area contributed by atoms with Crippen LogP contribution in [0.2, 0.25) is 0 Å². The lowest BCUT2D eigenvalue weighted by atomic mass is 9.95. The fourth-order valence-electron chi connectivity index (χ4n) is 2.46. The van der Waals surface area contributed by atoms with Gasteiger partial charge in [0.25, 0.3) is 0 Å². The van der Waals surface area contributed by atoms with Gasteiger partial charge in [-0.25, -0.2) is 0 Å². The molecular formula is C17H21N3. The highest BCUT2D eigenvalue weighted by molar-refractivity contribution is 5.92. The van der Waals surface area contributed by atoms with E-state index in [0.29, 0.717) is 0 Å². The van der Waals surface area contributed by atoms with E-state index >= 15 is 0 Å². The molecule has 0 saturated heterocycles. The zero-order valence-corrected chi connectivity index (χ0v) is 12.8. The Balaban J connectivity index is 2.24. The van der Waals surface area contributed by atoms with Gasteiger partial charge in [-0.1, -0.05) is 39.8 Å². The minimum absolute atomic E-state index is 0.0184. The summed E-state index contributed by atoms with van der Waals surface area (Å²) in [6.07, 6.45) is 12.7. The van der Waals surface area contributed by atoms with Crippen molar-refractivity contribution in [1.29, 1.82) is 0 Å². The van der Waals surface area contributed by atoms with Gasteiger partial charge in [0, 0.05) is 30.3 Å². The number of allylic oxidation sites excluding steroid dienone is 2. The molecule has 0 amide bonds. The predicted molar refractivity (Wildman–Crippen MR) is 87.3 cm³/mol. The van der Waals surface area contributed by atoms with Gasteiger partial charge in [-0.15, -0.1) is 0 Å². The molecule has 1 aromatic rings. The topological polar surface area (TPSA) is 29.6 Å². The van der Waals surface area contributed by atoms with Gasteiger partial charge in [0.05, 0.1) is 11.4 Å². The van der Waals surface area contributed by atoms with E-state index in [1.165, 1.54) is 0 Å². The third-order valence-corrected chi connectivity index (χ3v) is 3.83. The first-order valence-electron chi connectivity index (χ1n) is 7.01. The molecule has 20 heavy (non-hydrogen) atoms. The monoisotopic (exact) mass is 267 g/mol. The molecule has 0 N–H and O–H groups in total. The van der Waals surface area contributed by atoms with Crippen molar-refractivity contribution in [3.63, 3.8) is 0 Å². The van der Waals surface area contributed by atoms with Crippen LogP contribution in [0.15, 0.2) is 22.1 Å². The Morgan fingerprint density at radius 2 is 1.20 bits per heavy atom. The summed E-state index contributed by atoms with van der Waals surface area (Å²) >= 11 is 0. The molecule has 0 bridgehead atoms. The van der Waals surface area contributed by atoms with E-state index in [1.807, 2.05) is 12.4 Å². The predicted octanol–water partition coefficient (Wildman–Crippen LogP) is 4.54. The summed E-state index contributed by atoms with van der Waals surface area (Å²) in [5.41, 5.74) is 4.16. The Labute approximate surface area is 120 Å². The molecule has 0 fully saturated rings. The fraction of sp³-hybridized carbons (Fsp3) is 0.412. The smallest absolute Gasteiger partial charge is 0.114 e. The number of aromatic nitrogens is 1. The van der Waals surface area contributed by atoms with Crippen LogP contribution < -0.4 is 0 Å². The number of rotatable bonds is 0. The lowest BCUT2D eigenvalue weighted by Crippen LogP contribution is -2.07. The van der Waals surface area contributed by atoms with Gasteiger partial charge in [0.2, 0.25) is 0 Å². The average Bonchev–Trinajstić information content (AvgIpc) is 2.48. The molecule has 104 valence electrons. The standard InChI is InChI=1S/C17H21N3/c1-16(2)8-6-12-14(18-10-16)15-13(20(12)5)7-9-17(3,4)11-19-15/h6-11H,1-5H3. The van der Waals surface area contributed by atoms with E-state index in [2.05, 4.69) is 63.6 Å². The van der Waals surface area contributed by atoms with Crippen LogP contribution in [0, 0.1) is 10.8 Å². The van der Waals surface area contributed by atoms with Gasteiger partial charge in [0.15, 0.2) is 0 Å². The zero-order valence-electron chi connectivity index (χ0n) is 12.8. The van der Waals surface area contributed by atoms with Crippen molar-refractivity contribution in [3.05, 3.63) is 23.5 Å². The fourth-order valence-corrected chi connectivity index (χ4v) is 2.46. The van der Waals surface area contributed by atoms with E-state index in [4.69, 9.17) is 9.98 Å². The molecule has 0 radical (unpaired) electrons. The second-order valence-corrected chi connectivity index (χ2v) is 6.85. The average molecular weight is 267 g/mol. The summed E-state index contributed by atoms with van der Waals surface area (Å²) in [5, 5.41) is 0. The van der Waals surface area contributed by atoms with E-state index in [0.717, 1.165) is 22.8 Å². The quantitative estimate of drug-likeness (QED) is 0.661. The zero-order chi connectivity index (χ0) is 14.5. The summed E-state index contributed by atoms with van der Waals surface area (Å²) in [7, 11) is 2.08. The molecule has 0 aliphatic carbocycles. The van der Waals surface area contributed by atoms with E-state index in [1.54, 1.807) is 0 Å². The summed E-state index contributed by atoms with van der Waals surface area (Å²) in [6, 6.07) is 0. The first-order valence-corrected chi connectivity index (χ1v) is 7.01. The van der Waals surface area contributed by atoms with Crippen molar-refractivity contribution in [2.24, 2.45) is 27.9 Å². The summed E-state index contributed by atoms with van der Waals surface area (Å²) in [4.78, 5) is 9.41. The number of fused-ring (bicyclic) bond motifs is 3. The molecule has 2 aliphatic rings. The summed E-state index contributed by atoms with van der Waals surface area (Å²) < 4.78 is 2.18. The van der Waals surface area contributed by atoms with Crippen LogP contribution in [0.5, 0.6) is 0 Å². The lowest BCUT2D eigenvalue weighted by molar-refractivity contribution is 0.698. The number of aliphatic imine (C=N–C) groups is 2. The molecular weight excluding hydrogens is 246 g/mol. The molecule has 2 aliphatic heterocycles. The van der Waals surface area contributed by atoms with Crippen molar-refractivity contribution in [2.75, 3.05) is 0 Å². The van der Waals surface area contributed by atoms with Crippen LogP contribution in [-0.2, 0) is 7.05 Å². The molecule has 0 atom stereocenters. The van der Waals surface area contributed by atoms with Gasteiger partial charge in [0.1, 0.15) is 11.4 Å². The van der Waals surface area contributed by atoms with Crippen LogP contribution in [0.25, 0.3) is 12.2 Å². The van der Waals surface area contributed by atoms with Crippen LogP contribution in [-0.4, -0.2) is 17.0 Å². The highest BCUT2D eigenvalue weighted by atomic mass is 15.0. The van der Waals surface area contributed by atoms with Gasteiger partial charge in [-0.3, -0.25) is 9.98 Å². The van der Waals surface area contributed by atoms with Gasteiger partial charge in [-0.05, 0) is 12.2 Å². The number of hydrogen-bond acceptors (Lipinski definition) is 2. The van der Waals surface area contributed by atoms with Crippen molar-refractivity contribution in [1.82, 2.24) is 4.57 Å². The van der Waals surface area contributed by atoms with Crippen LogP contribution in [0.4, 0.5) is 11.4 Å². The largest absolute Gasteiger partial charge is 0.341 e. The number of hydrogen-bond donors (Lipinski definition) is 0. The first kappa shape index (κ1) is 13.1. The molecule has 3 heterocycles. The lowest BCUT2D eigenvalue weighted by Gasteiger charge is -2.11. The maximum atomic E-state index is 4.71. The Bertz CT molecular complexity index is 622. The van der Waals surface area contributed by atoms with Crippen molar-refractivity contribution in [3.8, 4) is 0 Å². The first-order chi connectivity index (χ1) is 9.29. The van der Waals surface area contributed by atoms with E-state index in [-0.39, 0.29) is 10.8 Å². The Morgan fingerprint density at radius 1 is 0.800 bits per heavy atom. The second-order valence-electron chi connectivity index (χ2n) is 6.85. The van der Waals surface area contributed by atoms with Gasteiger partial charge < -0.3 is 4.57 Å².